The SMILES string of the molecule is C[C@H](N)c1ccc(OCC(=O)NCCC#N)c(F)c1. The van der Waals surface area contributed by atoms with E-state index in [2.05, 4.69) is 5.32 Å². The van der Waals surface area contributed by atoms with Gasteiger partial charge >= 0.3 is 0 Å². The van der Waals surface area contributed by atoms with Crippen molar-refractivity contribution in [2.75, 3.05) is 13.2 Å². The van der Waals surface area contributed by atoms with Crippen molar-refractivity contribution in [3.05, 3.63) is 29.6 Å². The average molecular weight is 265 g/mol. The Balaban J connectivity index is 2.50. The smallest absolute Gasteiger partial charge is 0.257 e. The number of carbonyl (C=O) groups is 1. The lowest BCUT2D eigenvalue weighted by Crippen LogP contribution is -2.29. The molecule has 0 spiro atoms. The Morgan fingerprint density at radius 1 is 1.63 bits per heavy atom. The van der Waals surface area contributed by atoms with Crippen molar-refractivity contribution in [1.29, 1.82) is 5.26 Å². The fraction of sp³-hybridized carbons (Fsp3) is 0.385. The van der Waals surface area contributed by atoms with Gasteiger partial charge in [-0.2, -0.15) is 5.26 Å². The van der Waals surface area contributed by atoms with E-state index in [0.717, 1.165) is 0 Å². The summed E-state index contributed by atoms with van der Waals surface area (Å²) >= 11 is 0. The van der Waals surface area contributed by atoms with Gasteiger partial charge in [-0.05, 0) is 24.6 Å². The quantitative estimate of drug-likeness (QED) is 0.758. The molecule has 0 aliphatic carbocycles. The maximum Gasteiger partial charge on any atom is 0.257 e. The molecule has 0 bridgehead atoms. The zero-order chi connectivity index (χ0) is 14.3. The monoisotopic (exact) mass is 265 g/mol. The summed E-state index contributed by atoms with van der Waals surface area (Å²) in [6.07, 6.45) is 0.225. The van der Waals surface area contributed by atoms with Gasteiger partial charge in [0.05, 0.1) is 12.5 Å². The van der Waals surface area contributed by atoms with Crippen LogP contribution < -0.4 is 15.8 Å². The van der Waals surface area contributed by atoms with Crippen LogP contribution >= 0.6 is 0 Å². The van der Waals surface area contributed by atoms with E-state index in [1.165, 1.54) is 12.1 Å². The molecule has 0 unspecified atom stereocenters. The van der Waals surface area contributed by atoms with E-state index in [-0.39, 0.29) is 31.4 Å². The third-order valence-electron chi connectivity index (χ3n) is 2.40. The Morgan fingerprint density at radius 3 is 2.95 bits per heavy atom. The lowest BCUT2D eigenvalue weighted by molar-refractivity contribution is -0.123. The Morgan fingerprint density at radius 2 is 2.37 bits per heavy atom. The number of nitriles is 1. The van der Waals surface area contributed by atoms with Gasteiger partial charge in [0.1, 0.15) is 0 Å². The highest BCUT2D eigenvalue weighted by molar-refractivity contribution is 5.77. The van der Waals surface area contributed by atoms with Gasteiger partial charge in [-0.15, -0.1) is 0 Å². The first kappa shape index (κ1) is 14.9. The second kappa shape index (κ2) is 7.34. The van der Waals surface area contributed by atoms with Crippen molar-refractivity contribution in [2.24, 2.45) is 5.73 Å². The Bertz CT molecular complexity index is 483. The fourth-order valence-electron chi connectivity index (χ4n) is 1.37. The van der Waals surface area contributed by atoms with Gasteiger partial charge in [0.25, 0.3) is 5.91 Å². The molecule has 1 aromatic rings. The lowest BCUT2D eigenvalue weighted by atomic mass is 10.1. The van der Waals surface area contributed by atoms with Crippen LogP contribution in [0.3, 0.4) is 0 Å². The molecule has 0 saturated carbocycles. The summed E-state index contributed by atoms with van der Waals surface area (Å²) in [7, 11) is 0. The van der Waals surface area contributed by atoms with Crippen molar-refractivity contribution in [2.45, 2.75) is 19.4 Å². The Hall–Kier alpha value is -2.13. The standard InChI is InChI=1S/C13H16FN3O2/c1-9(16)10-3-4-12(11(14)7-10)19-8-13(18)17-6-2-5-15/h3-4,7,9H,2,6,8,16H2,1H3,(H,17,18)/t9-/m0/s1. The van der Waals surface area contributed by atoms with Gasteiger partial charge in [-0.1, -0.05) is 6.07 Å². The summed E-state index contributed by atoms with van der Waals surface area (Å²) in [4.78, 5) is 11.3. The number of amides is 1. The van der Waals surface area contributed by atoms with Gasteiger partial charge in [0.15, 0.2) is 18.2 Å². The zero-order valence-electron chi connectivity index (χ0n) is 10.6. The Labute approximate surface area is 111 Å². The number of halogens is 1. The maximum atomic E-state index is 13.6. The number of hydrogen-bond acceptors (Lipinski definition) is 4. The van der Waals surface area contributed by atoms with E-state index >= 15 is 0 Å². The highest BCUT2D eigenvalue weighted by Gasteiger charge is 2.09. The summed E-state index contributed by atoms with van der Waals surface area (Å²) in [5, 5.41) is 10.8. The van der Waals surface area contributed by atoms with E-state index in [0.29, 0.717) is 5.56 Å². The van der Waals surface area contributed by atoms with Crippen LogP contribution in [0.25, 0.3) is 0 Å². The molecule has 0 saturated heterocycles. The molecule has 19 heavy (non-hydrogen) atoms. The van der Waals surface area contributed by atoms with Crippen LogP contribution in [0, 0.1) is 17.1 Å². The second-order valence-electron chi connectivity index (χ2n) is 4.03. The summed E-state index contributed by atoms with van der Waals surface area (Å²) < 4.78 is 18.7. The van der Waals surface area contributed by atoms with E-state index in [9.17, 15) is 9.18 Å². The van der Waals surface area contributed by atoms with Crippen LogP contribution in [0.4, 0.5) is 4.39 Å². The van der Waals surface area contributed by atoms with Crippen molar-refractivity contribution in [1.82, 2.24) is 5.32 Å². The van der Waals surface area contributed by atoms with E-state index < -0.39 is 11.7 Å². The van der Waals surface area contributed by atoms with Crippen LogP contribution in [0.2, 0.25) is 0 Å². The zero-order valence-corrected chi connectivity index (χ0v) is 10.6. The van der Waals surface area contributed by atoms with Crippen molar-refractivity contribution < 1.29 is 13.9 Å². The van der Waals surface area contributed by atoms with Crippen LogP contribution in [-0.4, -0.2) is 19.1 Å². The number of nitrogens with zero attached hydrogens (tertiary/aromatic N) is 1. The molecule has 102 valence electrons. The molecule has 0 aliphatic rings. The highest BCUT2D eigenvalue weighted by Crippen LogP contribution is 2.20. The van der Waals surface area contributed by atoms with Gasteiger partial charge in [-0.3, -0.25) is 4.79 Å². The molecule has 0 aliphatic heterocycles. The predicted molar refractivity (Wildman–Crippen MR) is 67.7 cm³/mol. The number of ether oxygens (including phenoxy) is 1. The number of benzene rings is 1. The normalized spacial score (nSPS) is 11.5. The molecule has 5 nitrogen and oxygen atoms in total. The summed E-state index contributed by atoms with van der Waals surface area (Å²) in [5.41, 5.74) is 6.28. The molecule has 0 radical (unpaired) electrons. The highest BCUT2D eigenvalue weighted by atomic mass is 19.1. The summed E-state index contributed by atoms with van der Waals surface area (Å²) in [5.74, 6) is -0.953. The number of rotatable bonds is 6. The minimum atomic E-state index is -0.556. The second-order valence-corrected chi connectivity index (χ2v) is 4.03. The van der Waals surface area contributed by atoms with Gasteiger partial charge < -0.3 is 15.8 Å². The maximum absolute atomic E-state index is 13.6. The molecular formula is C13H16FN3O2. The third kappa shape index (κ3) is 4.94. The molecule has 0 heterocycles. The molecule has 1 aromatic carbocycles. The summed E-state index contributed by atoms with van der Waals surface area (Å²) in [6.45, 7) is 1.71. The number of hydrogen-bond donors (Lipinski definition) is 2. The lowest BCUT2D eigenvalue weighted by Gasteiger charge is -2.10. The number of nitrogens with one attached hydrogen (secondary N) is 1. The van der Waals surface area contributed by atoms with E-state index in [4.69, 9.17) is 15.7 Å². The molecule has 0 aromatic heterocycles. The molecule has 0 fully saturated rings. The van der Waals surface area contributed by atoms with Crippen molar-refractivity contribution >= 4 is 5.91 Å². The average Bonchev–Trinajstić information content (AvgIpc) is 2.37. The largest absolute Gasteiger partial charge is 0.481 e. The fourth-order valence-corrected chi connectivity index (χ4v) is 1.37. The number of nitrogens with two attached hydrogens (primary N) is 1. The number of carbonyl (C=O) groups excluding carboxylic acids is 1. The van der Waals surface area contributed by atoms with Gasteiger partial charge in [0, 0.05) is 12.6 Å². The first-order valence-electron chi connectivity index (χ1n) is 5.86. The molecule has 1 atom stereocenters. The predicted octanol–water partition coefficient (Wildman–Crippen LogP) is 1.25. The molecule has 1 amide bonds. The molecular weight excluding hydrogens is 249 g/mol. The van der Waals surface area contributed by atoms with Crippen LogP contribution in [0.15, 0.2) is 18.2 Å². The van der Waals surface area contributed by atoms with Crippen LogP contribution in [-0.2, 0) is 4.79 Å². The molecule has 6 heteroatoms. The van der Waals surface area contributed by atoms with Crippen LogP contribution in [0.5, 0.6) is 5.75 Å². The Kier molecular flexibility index (Phi) is 5.76. The summed E-state index contributed by atoms with van der Waals surface area (Å²) in [6, 6.07) is 6.01. The third-order valence-corrected chi connectivity index (χ3v) is 2.40. The van der Waals surface area contributed by atoms with Crippen LogP contribution in [0.1, 0.15) is 24.9 Å². The first-order chi connectivity index (χ1) is 9.04. The minimum Gasteiger partial charge on any atom is -0.481 e. The van der Waals surface area contributed by atoms with Crippen molar-refractivity contribution in [3.8, 4) is 11.8 Å². The van der Waals surface area contributed by atoms with Gasteiger partial charge in [-0.25, -0.2) is 4.39 Å². The molecule has 1 rings (SSSR count). The molecule has 3 N–H and O–H groups in total. The first-order valence-corrected chi connectivity index (χ1v) is 5.86. The van der Waals surface area contributed by atoms with E-state index in [1.807, 2.05) is 6.07 Å². The van der Waals surface area contributed by atoms with Crippen molar-refractivity contribution in [3.63, 3.8) is 0 Å². The van der Waals surface area contributed by atoms with Gasteiger partial charge in [0.2, 0.25) is 0 Å². The topological polar surface area (TPSA) is 88.1 Å². The van der Waals surface area contributed by atoms with E-state index in [1.54, 1.807) is 13.0 Å². The minimum absolute atomic E-state index is 0.000154.